The second-order valence-corrected chi connectivity index (χ2v) is 6.44. The molecule has 134 valence electrons. The summed E-state index contributed by atoms with van der Waals surface area (Å²) in [6.45, 7) is 6.46. The molecule has 0 saturated carbocycles. The molecule has 1 aromatic carbocycles. The van der Waals surface area contributed by atoms with Crippen molar-refractivity contribution in [2.24, 2.45) is 0 Å². The van der Waals surface area contributed by atoms with Gasteiger partial charge in [-0.2, -0.15) is 0 Å². The van der Waals surface area contributed by atoms with Crippen molar-refractivity contribution >= 4 is 5.97 Å². The minimum absolute atomic E-state index is 0.281. The lowest BCUT2D eigenvalue weighted by Crippen LogP contribution is -2.29. The second kappa shape index (κ2) is 11.1. The van der Waals surface area contributed by atoms with Gasteiger partial charge in [0.2, 0.25) is 0 Å². The van der Waals surface area contributed by atoms with E-state index in [2.05, 4.69) is 11.8 Å². The molecule has 4 nitrogen and oxygen atoms in total. The number of hydrogen-bond donors (Lipinski definition) is 0. The quantitative estimate of drug-likeness (QED) is 0.499. The van der Waals surface area contributed by atoms with Crippen molar-refractivity contribution in [2.45, 2.75) is 51.9 Å². The molecule has 1 fully saturated rings. The third-order valence-electron chi connectivity index (χ3n) is 4.45. The number of hydrogen-bond acceptors (Lipinski definition) is 4. The smallest absolute Gasteiger partial charge is 0.341 e. The number of benzene rings is 1. The predicted octanol–water partition coefficient (Wildman–Crippen LogP) is 4.29. The van der Waals surface area contributed by atoms with Crippen molar-refractivity contribution in [3.63, 3.8) is 0 Å². The molecule has 1 saturated heterocycles. The average molecular weight is 333 g/mol. The Bertz CT molecular complexity index is 482. The summed E-state index contributed by atoms with van der Waals surface area (Å²) >= 11 is 0. The van der Waals surface area contributed by atoms with Crippen molar-refractivity contribution in [3.8, 4) is 5.75 Å². The lowest BCUT2D eigenvalue weighted by Gasteiger charge is -2.20. The minimum atomic E-state index is -0.281. The molecular formula is C20H31NO3. The van der Waals surface area contributed by atoms with E-state index in [1.54, 1.807) is 6.07 Å². The normalized spacial score (nSPS) is 15.7. The molecule has 4 heteroatoms. The first-order valence-electron chi connectivity index (χ1n) is 9.42. The lowest BCUT2D eigenvalue weighted by molar-refractivity contribution is 0.0493. The second-order valence-electron chi connectivity index (χ2n) is 6.44. The van der Waals surface area contributed by atoms with Gasteiger partial charge in [0.1, 0.15) is 17.9 Å². The Kier molecular flexibility index (Phi) is 8.67. The van der Waals surface area contributed by atoms with E-state index in [1.165, 1.54) is 25.7 Å². The average Bonchev–Trinajstić information content (AvgIpc) is 2.88. The standard InChI is InChI=1S/C20H31NO3/c1-2-3-10-16-24-20(22)18-11-6-7-12-19(18)23-17-15-21-13-8-4-5-9-14-21/h6-7,11-12H,2-5,8-10,13-17H2,1H3. The SMILES string of the molecule is CCCCCOC(=O)c1ccccc1OCCN1CCCCCC1. The highest BCUT2D eigenvalue weighted by Crippen LogP contribution is 2.19. The topological polar surface area (TPSA) is 38.8 Å². The molecule has 0 amide bonds. The van der Waals surface area contributed by atoms with Crippen LogP contribution < -0.4 is 4.74 Å². The zero-order valence-electron chi connectivity index (χ0n) is 15.0. The molecule has 1 heterocycles. The van der Waals surface area contributed by atoms with Crippen molar-refractivity contribution in [2.75, 3.05) is 32.8 Å². The molecule has 0 atom stereocenters. The lowest BCUT2D eigenvalue weighted by atomic mass is 10.2. The first-order chi connectivity index (χ1) is 11.8. The Morgan fingerprint density at radius 1 is 1.04 bits per heavy atom. The van der Waals surface area contributed by atoms with Crippen LogP contribution in [-0.2, 0) is 4.74 Å². The van der Waals surface area contributed by atoms with Gasteiger partial charge in [0.15, 0.2) is 0 Å². The van der Waals surface area contributed by atoms with E-state index in [0.717, 1.165) is 38.9 Å². The molecule has 1 aromatic rings. The first-order valence-corrected chi connectivity index (χ1v) is 9.42. The molecule has 0 bridgehead atoms. The van der Waals surface area contributed by atoms with Crippen LogP contribution in [0.3, 0.4) is 0 Å². The summed E-state index contributed by atoms with van der Waals surface area (Å²) in [6.07, 6.45) is 8.35. The summed E-state index contributed by atoms with van der Waals surface area (Å²) in [5.74, 6) is 0.351. The van der Waals surface area contributed by atoms with Crippen LogP contribution in [0.2, 0.25) is 0 Å². The van der Waals surface area contributed by atoms with Crippen LogP contribution in [0.1, 0.15) is 62.2 Å². The maximum Gasteiger partial charge on any atom is 0.341 e. The minimum Gasteiger partial charge on any atom is -0.491 e. The summed E-state index contributed by atoms with van der Waals surface area (Å²) < 4.78 is 11.2. The van der Waals surface area contributed by atoms with Crippen molar-refractivity contribution in [3.05, 3.63) is 29.8 Å². The highest BCUT2D eigenvalue weighted by Gasteiger charge is 2.14. The largest absolute Gasteiger partial charge is 0.491 e. The molecule has 0 unspecified atom stereocenters. The molecule has 0 N–H and O–H groups in total. The van der Waals surface area contributed by atoms with Crippen LogP contribution in [0, 0.1) is 0 Å². The Labute approximate surface area is 146 Å². The van der Waals surface area contributed by atoms with Crippen LogP contribution in [0.5, 0.6) is 5.75 Å². The fraction of sp³-hybridized carbons (Fsp3) is 0.650. The first kappa shape index (κ1) is 18.8. The summed E-state index contributed by atoms with van der Waals surface area (Å²) in [4.78, 5) is 14.7. The maximum atomic E-state index is 12.2. The zero-order valence-corrected chi connectivity index (χ0v) is 15.0. The van der Waals surface area contributed by atoms with Crippen molar-refractivity contribution < 1.29 is 14.3 Å². The van der Waals surface area contributed by atoms with E-state index in [9.17, 15) is 4.79 Å². The van der Waals surface area contributed by atoms with Gasteiger partial charge in [0.25, 0.3) is 0 Å². The number of esters is 1. The van der Waals surface area contributed by atoms with Gasteiger partial charge < -0.3 is 9.47 Å². The van der Waals surface area contributed by atoms with Crippen LogP contribution in [0.4, 0.5) is 0 Å². The van der Waals surface area contributed by atoms with Gasteiger partial charge in [0.05, 0.1) is 6.61 Å². The van der Waals surface area contributed by atoms with Gasteiger partial charge in [-0.1, -0.05) is 44.7 Å². The van der Waals surface area contributed by atoms with Gasteiger partial charge in [-0.15, -0.1) is 0 Å². The van der Waals surface area contributed by atoms with E-state index in [-0.39, 0.29) is 5.97 Å². The molecule has 0 aromatic heterocycles. The highest BCUT2D eigenvalue weighted by atomic mass is 16.5. The van der Waals surface area contributed by atoms with Gasteiger partial charge >= 0.3 is 5.97 Å². The molecule has 1 aliphatic rings. The van der Waals surface area contributed by atoms with E-state index >= 15 is 0 Å². The molecule has 2 rings (SSSR count). The molecule has 0 aliphatic carbocycles. The van der Waals surface area contributed by atoms with Crippen LogP contribution in [0.15, 0.2) is 24.3 Å². The predicted molar refractivity (Wildman–Crippen MR) is 96.7 cm³/mol. The number of unbranched alkanes of at least 4 members (excludes halogenated alkanes) is 2. The molecule has 0 spiro atoms. The number of para-hydroxylation sites is 1. The van der Waals surface area contributed by atoms with E-state index < -0.39 is 0 Å². The Morgan fingerprint density at radius 2 is 1.79 bits per heavy atom. The summed E-state index contributed by atoms with van der Waals surface area (Å²) in [5, 5.41) is 0. The van der Waals surface area contributed by atoms with Gasteiger partial charge in [0, 0.05) is 6.54 Å². The number of carbonyl (C=O) groups is 1. The van der Waals surface area contributed by atoms with Gasteiger partial charge in [-0.25, -0.2) is 4.79 Å². The third kappa shape index (κ3) is 6.52. The number of likely N-dealkylation sites (tertiary alicyclic amines) is 1. The fourth-order valence-electron chi connectivity index (χ4n) is 3.00. The Balaban J connectivity index is 1.80. The summed E-state index contributed by atoms with van der Waals surface area (Å²) in [7, 11) is 0. The van der Waals surface area contributed by atoms with Crippen LogP contribution in [0.25, 0.3) is 0 Å². The zero-order chi connectivity index (χ0) is 17.0. The van der Waals surface area contributed by atoms with Crippen molar-refractivity contribution in [1.82, 2.24) is 4.90 Å². The van der Waals surface area contributed by atoms with Gasteiger partial charge in [-0.05, 0) is 44.5 Å². The van der Waals surface area contributed by atoms with Crippen LogP contribution in [-0.4, -0.2) is 43.7 Å². The highest BCUT2D eigenvalue weighted by molar-refractivity contribution is 5.92. The number of ether oxygens (including phenoxy) is 2. The van der Waals surface area contributed by atoms with E-state index in [0.29, 0.717) is 24.5 Å². The number of nitrogens with zero attached hydrogens (tertiary/aromatic N) is 1. The molecular weight excluding hydrogens is 302 g/mol. The monoisotopic (exact) mass is 333 g/mol. The van der Waals surface area contributed by atoms with E-state index in [4.69, 9.17) is 9.47 Å². The van der Waals surface area contributed by atoms with Gasteiger partial charge in [-0.3, -0.25) is 4.90 Å². The fourth-order valence-corrected chi connectivity index (χ4v) is 3.00. The molecule has 0 radical (unpaired) electrons. The summed E-state index contributed by atoms with van der Waals surface area (Å²) in [6, 6.07) is 7.38. The Hall–Kier alpha value is -1.55. The van der Waals surface area contributed by atoms with E-state index in [1.807, 2.05) is 18.2 Å². The van der Waals surface area contributed by atoms with Crippen molar-refractivity contribution in [1.29, 1.82) is 0 Å². The number of rotatable bonds is 9. The Morgan fingerprint density at radius 3 is 2.54 bits per heavy atom. The summed E-state index contributed by atoms with van der Waals surface area (Å²) in [5.41, 5.74) is 0.532. The third-order valence-corrected chi connectivity index (χ3v) is 4.45. The van der Waals surface area contributed by atoms with Crippen LogP contribution >= 0.6 is 0 Å². The molecule has 24 heavy (non-hydrogen) atoms. The number of carbonyl (C=O) groups excluding carboxylic acids is 1. The maximum absolute atomic E-state index is 12.2. The molecule has 1 aliphatic heterocycles.